The van der Waals surface area contributed by atoms with Crippen LogP contribution >= 0.6 is 12.2 Å². The van der Waals surface area contributed by atoms with Crippen LogP contribution in [0.3, 0.4) is 0 Å². The highest BCUT2D eigenvalue weighted by Crippen LogP contribution is 2.04. The number of nitrogens with one attached hydrogen (secondary N) is 1. The van der Waals surface area contributed by atoms with E-state index in [2.05, 4.69) is 10.6 Å². The third kappa shape index (κ3) is 3.90. The van der Waals surface area contributed by atoms with Crippen molar-refractivity contribution in [3.05, 3.63) is 30.3 Å². The van der Waals surface area contributed by atoms with Crippen LogP contribution in [0.5, 0.6) is 0 Å². The Balaban J connectivity index is 2.46. The minimum absolute atomic E-state index is 0.240. The second-order valence-electron chi connectivity index (χ2n) is 3.02. The lowest BCUT2D eigenvalue weighted by atomic mass is 10.3. The van der Waals surface area contributed by atoms with Crippen LogP contribution in [0, 0.1) is 0 Å². The van der Waals surface area contributed by atoms with E-state index < -0.39 is 0 Å². The molecule has 0 spiro atoms. The van der Waals surface area contributed by atoms with Crippen molar-refractivity contribution in [2.45, 2.75) is 19.9 Å². The van der Waals surface area contributed by atoms with E-state index in [0.717, 1.165) is 5.69 Å². The SMILES string of the molecule is CC(C)[N]C(=S)Nc1ccccc1. The van der Waals surface area contributed by atoms with Crippen LogP contribution < -0.4 is 10.6 Å². The number of thiocarbonyl (C=S) groups is 1. The summed E-state index contributed by atoms with van der Waals surface area (Å²) in [5.74, 6) is 0. The van der Waals surface area contributed by atoms with Crippen LogP contribution in [-0.2, 0) is 0 Å². The smallest absolute Gasteiger partial charge is 0.192 e. The monoisotopic (exact) mass is 193 g/mol. The lowest BCUT2D eigenvalue weighted by Gasteiger charge is -2.09. The van der Waals surface area contributed by atoms with Gasteiger partial charge in [-0.3, -0.25) is 5.32 Å². The van der Waals surface area contributed by atoms with Crippen molar-refractivity contribution in [1.82, 2.24) is 5.32 Å². The molecule has 0 bridgehead atoms. The number of hydrogen-bond donors (Lipinski definition) is 1. The Morgan fingerprint density at radius 3 is 2.46 bits per heavy atom. The van der Waals surface area contributed by atoms with Gasteiger partial charge in [-0.25, -0.2) is 0 Å². The number of rotatable bonds is 2. The number of anilines is 1. The fourth-order valence-corrected chi connectivity index (χ4v) is 1.24. The van der Waals surface area contributed by atoms with Crippen molar-refractivity contribution >= 4 is 23.0 Å². The van der Waals surface area contributed by atoms with E-state index in [-0.39, 0.29) is 6.04 Å². The standard InChI is InChI=1S/C10H13N2S/c1-8(2)11-10(13)12-9-6-4-3-5-7-9/h3-8H,1-2H3,(H,12,13). The molecule has 0 atom stereocenters. The molecule has 0 amide bonds. The van der Waals surface area contributed by atoms with Crippen molar-refractivity contribution in [3.63, 3.8) is 0 Å². The lowest BCUT2D eigenvalue weighted by Crippen LogP contribution is -2.26. The van der Waals surface area contributed by atoms with E-state index in [9.17, 15) is 0 Å². The van der Waals surface area contributed by atoms with E-state index in [1.807, 2.05) is 44.2 Å². The van der Waals surface area contributed by atoms with Crippen molar-refractivity contribution in [1.29, 1.82) is 0 Å². The van der Waals surface area contributed by atoms with Gasteiger partial charge >= 0.3 is 0 Å². The highest BCUT2D eigenvalue weighted by molar-refractivity contribution is 7.80. The summed E-state index contributed by atoms with van der Waals surface area (Å²) >= 11 is 5.03. The molecular formula is C10H13N2S. The Morgan fingerprint density at radius 2 is 1.92 bits per heavy atom. The number of para-hydroxylation sites is 1. The van der Waals surface area contributed by atoms with Crippen LogP contribution in [-0.4, -0.2) is 11.2 Å². The highest BCUT2D eigenvalue weighted by atomic mass is 32.1. The molecule has 1 aromatic carbocycles. The summed E-state index contributed by atoms with van der Waals surface area (Å²) in [5.41, 5.74) is 0.983. The first-order chi connectivity index (χ1) is 6.18. The van der Waals surface area contributed by atoms with Gasteiger partial charge in [0.2, 0.25) is 0 Å². The first-order valence-electron chi connectivity index (χ1n) is 4.25. The van der Waals surface area contributed by atoms with Crippen LogP contribution in [0.25, 0.3) is 0 Å². The zero-order valence-electron chi connectivity index (χ0n) is 7.82. The molecule has 0 aliphatic rings. The molecule has 0 aliphatic carbocycles. The van der Waals surface area contributed by atoms with Crippen molar-refractivity contribution in [2.75, 3.05) is 5.32 Å². The van der Waals surface area contributed by atoms with Gasteiger partial charge in [-0.15, -0.1) is 0 Å². The molecule has 0 heterocycles. The summed E-state index contributed by atoms with van der Waals surface area (Å²) in [6.45, 7) is 4.00. The van der Waals surface area contributed by atoms with E-state index in [4.69, 9.17) is 12.2 Å². The molecule has 2 nitrogen and oxygen atoms in total. The summed E-state index contributed by atoms with van der Waals surface area (Å²) in [4.78, 5) is 0. The Morgan fingerprint density at radius 1 is 1.31 bits per heavy atom. The van der Waals surface area contributed by atoms with E-state index in [0.29, 0.717) is 5.11 Å². The van der Waals surface area contributed by atoms with Gasteiger partial charge in [0.05, 0.1) is 0 Å². The molecule has 69 valence electrons. The molecule has 1 rings (SSSR count). The summed E-state index contributed by atoms with van der Waals surface area (Å²) in [6.07, 6.45) is 0. The molecular weight excluding hydrogens is 180 g/mol. The minimum atomic E-state index is 0.240. The average molecular weight is 193 g/mol. The molecule has 3 heteroatoms. The number of hydrogen-bond acceptors (Lipinski definition) is 1. The Labute approximate surface area is 84.3 Å². The Hall–Kier alpha value is -1.09. The molecule has 0 saturated heterocycles. The van der Waals surface area contributed by atoms with Gasteiger partial charge in [-0.2, -0.15) is 0 Å². The van der Waals surface area contributed by atoms with Crippen LogP contribution in [0.15, 0.2) is 30.3 Å². The molecule has 1 N–H and O–H groups in total. The zero-order chi connectivity index (χ0) is 9.68. The molecule has 0 fully saturated rings. The lowest BCUT2D eigenvalue weighted by molar-refractivity contribution is 0.727. The van der Waals surface area contributed by atoms with Crippen LogP contribution in [0.1, 0.15) is 13.8 Å². The Kier molecular flexibility index (Phi) is 3.71. The fraction of sp³-hybridized carbons (Fsp3) is 0.300. The molecule has 1 aromatic rings. The largest absolute Gasteiger partial charge is 0.331 e. The first kappa shape index (κ1) is 9.99. The quantitative estimate of drug-likeness (QED) is 0.730. The predicted molar refractivity (Wildman–Crippen MR) is 59.9 cm³/mol. The van der Waals surface area contributed by atoms with Gasteiger partial charge < -0.3 is 5.32 Å². The third-order valence-corrected chi connectivity index (χ3v) is 1.61. The van der Waals surface area contributed by atoms with E-state index in [1.54, 1.807) is 0 Å². The normalized spacial score (nSPS) is 9.77. The van der Waals surface area contributed by atoms with Gasteiger partial charge in [-0.05, 0) is 38.2 Å². The first-order valence-corrected chi connectivity index (χ1v) is 4.66. The maximum absolute atomic E-state index is 5.03. The topological polar surface area (TPSA) is 26.1 Å². The van der Waals surface area contributed by atoms with Crippen molar-refractivity contribution in [3.8, 4) is 0 Å². The summed E-state index contributed by atoms with van der Waals surface area (Å²) in [5, 5.41) is 7.77. The average Bonchev–Trinajstić information content (AvgIpc) is 2.04. The van der Waals surface area contributed by atoms with E-state index in [1.165, 1.54) is 0 Å². The van der Waals surface area contributed by atoms with Gasteiger partial charge in [0, 0.05) is 11.7 Å². The fourth-order valence-electron chi connectivity index (χ4n) is 0.912. The maximum Gasteiger partial charge on any atom is 0.192 e. The summed E-state index contributed by atoms with van der Waals surface area (Å²) in [7, 11) is 0. The summed E-state index contributed by atoms with van der Waals surface area (Å²) in [6, 6.07) is 10.0. The second-order valence-corrected chi connectivity index (χ2v) is 3.41. The molecule has 0 unspecified atom stereocenters. The molecule has 0 aliphatic heterocycles. The van der Waals surface area contributed by atoms with Crippen LogP contribution in [0.2, 0.25) is 0 Å². The molecule has 1 radical (unpaired) electrons. The minimum Gasteiger partial charge on any atom is -0.331 e. The van der Waals surface area contributed by atoms with Crippen molar-refractivity contribution in [2.24, 2.45) is 0 Å². The highest BCUT2D eigenvalue weighted by Gasteiger charge is 2.00. The number of nitrogens with zero attached hydrogens (tertiary/aromatic N) is 1. The third-order valence-electron chi connectivity index (χ3n) is 1.40. The maximum atomic E-state index is 5.03. The number of benzene rings is 1. The Bertz CT molecular complexity index is 270. The van der Waals surface area contributed by atoms with Gasteiger partial charge in [-0.1, -0.05) is 18.2 Å². The predicted octanol–water partition coefficient (Wildman–Crippen LogP) is 2.40. The van der Waals surface area contributed by atoms with Gasteiger partial charge in [0.15, 0.2) is 5.11 Å². The second kappa shape index (κ2) is 4.82. The molecule has 13 heavy (non-hydrogen) atoms. The molecule has 0 saturated carbocycles. The van der Waals surface area contributed by atoms with Crippen molar-refractivity contribution < 1.29 is 0 Å². The van der Waals surface area contributed by atoms with Gasteiger partial charge in [0.25, 0.3) is 0 Å². The van der Waals surface area contributed by atoms with Gasteiger partial charge in [0.1, 0.15) is 0 Å². The zero-order valence-corrected chi connectivity index (χ0v) is 8.64. The summed E-state index contributed by atoms with van der Waals surface area (Å²) < 4.78 is 0. The van der Waals surface area contributed by atoms with E-state index >= 15 is 0 Å². The van der Waals surface area contributed by atoms with Crippen LogP contribution in [0.4, 0.5) is 5.69 Å². The molecule has 0 aromatic heterocycles.